The number of esters is 1. The first-order valence-electron chi connectivity index (χ1n) is 30.5. The van der Waals surface area contributed by atoms with E-state index in [1.807, 2.05) is 0 Å². The highest BCUT2D eigenvalue weighted by Crippen LogP contribution is 2.46. The highest BCUT2D eigenvalue weighted by molar-refractivity contribution is 6.13. The lowest BCUT2D eigenvalue weighted by molar-refractivity contribution is -0.172. The molecule has 0 unspecified atom stereocenters. The number of halogens is 1. The van der Waals surface area contributed by atoms with Gasteiger partial charge in [0.2, 0.25) is 47.3 Å². The molecule has 490 valence electrons. The molecule has 2 aromatic carbocycles. The normalized spacial score (nSPS) is 16.9. The van der Waals surface area contributed by atoms with Gasteiger partial charge in [-0.2, -0.15) is 0 Å². The van der Waals surface area contributed by atoms with Crippen LogP contribution in [0.15, 0.2) is 59.4 Å². The molecule has 92 heavy (non-hydrogen) atoms. The maximum absolute atomic E-state index is 15.7. The number of carboxylic acids is 1. The summed E-state index contributed by atoms with van der Waals surface area (Å²) in [7, 11) is 0. The molecule has 0 radical (unpaired) electrons. The van der Waals surface area contributed by atoms with Crippen LogP contribution in [0.4, 0.5) is 4.39 Å². The molecule has 8 rings (SSSR count). The summed E-state index contributed by atoms with van der Waals surface area (Å²) in [6.07, 6.45) is 3.72. The van der Waals surface area contributed by atoms with Crippen molar-refractivity contribution in [2.24, 2.45) is 11.5 Å². The second-order valence-electron chi connectivity index (χ2n) is 23.1. The number of unbranched alkanes of at least 4 members (excludes halogenated alkanes) is 3. The van der Waals surface area contributed by atoms with Gasteiger partial charge in [0.1, 0.15) is 24.5 Å². The Morgan fingerprint density at radius 2 is 1.54 bits per heavy atom. The van der Waals surface area contributed by atoms with E-state index in [4.69, 9.17) is 21.2 Å². The molecule has 1 aliphatic carbocycles. The number of aliphatic hydroxyl groups is 1. The summed E-state index contributed by atoms with van der Waals surface area (Å²) >= 11 is 0. The number of carboxylic acid groups (broad SMARTS) is 1. The second kappa shape index (κ2) is 30.5. The van der Waals surface area contributed by atoms with E-state index in [2.05, 4.69) is 31.9 Å². The summed E-state index contributed by atoms with van der Waals surface area (Å²) < 4.78 is 22.4. The number of hydrogen-bond donors (Lipinski definition) is 10. The molecule has 0 spiro atoms. The SMILES string of the molecule is CC[C@@]1(O)C(=O)OCc2c1cc1n(c2=O)Cc2c-1nc1cc(F)c(C)c3c1c2[C@@H](NC(=O)CCCN(CC(=O)NC(=O)CCCCCN1C(=O)C=CC1=O)C(=O)[C@H](Cc1ccccc1)NC(=O)CNC(=O)CNC(=O)[C@H](CC(=O)O)NC(=O)[C@@H](N)CCCCN)CC3. The number of carbonyl (C=O) groups is 12. The standard InChI is InChI=1S/C63H75FN12O16/c1-3-63(91)39-26-46-57-37(31-76(46)60(88)38(39)33-92-62(63)90)56-42(19-18-36-34(2)40(64)27-43(71-57)55(36)56)69-47(77)17-12-23-74(32-51(81)73-48(78)16-8-5-11-24-75-52(82)20-21-53(75)83)61(89)45(25-35-13-6-4-7-14-35)70-50(80)30-67-49(79)29-68-59(87)44(28-54(84)85)72-58(86)41(66)15-9-10-22-65/h4,6-7,13-14,20-21,26-27,41-42,44-45,91H,3,5,8-12,15-19,22-25,28-33,65-66H2,1-2H3,(H,67,79)(H,68,87)(H,69,77)(H,70,80)(H,72,86)(H,84,85)(H,73,78,81)/t41-,42-,44-,45-,63-/m0/s1. The highest BCUT2D eigenvalue weighted by Gasteiger charge is 2.46. The number of imide groups is 2. The first-order chi connectivity index (χ1) is 43.9. The van der Waals surface area contributed by atoms with Gasteiger partial charge in [0, 0.05) is 67.1 Å². The average molecular weight is 1280 g/mol. The molecule has 5 heterocycles. The quantitative estimate of drug-likeness (QED) is 0.0155. The summed E-state index contributed by atoms with van der Waals surface area (Å²) in [5.74, 6) is -10.4. The minimum atomic E-state index is -2.12. The zero-order valence-electron chi connectivity index (χ0n) is 51.0. The van der Waals surface area contributed by atoms with Crippen LogP contribution < -0.4 is 48.9 Å². The largest absolute Gasteiger partial charge is 0.481 e. The van der Waals surface area contributed by atoms with Crippen LogP contribution in [0.3, 0.4) is 0 Å². The summed E-state index contributed by atoms with van der Waals surface area (Å²) in [6, 6.07) is 6.39. The van der Waals surface area contributed by atoms with Crippen molar-refractivity contribution in [3.63, 3.8) is 0 Å². The molecular formula is C63H75FN12O16. The van der Waals surface area contributed by atoms with Crippen LogP contribution in [0.1, 0.15) is 129 Å². The molecule has 28 nitrogen and oxygen atoms in total. The van der Waals surface area contributed by atoms with Crippen molar-refractivity contribution >= 4 is 81.9 Å². The molecule has 0 bridgehead atoms. The Balaban J connectivity index is 0.970. The Morgan fingerprint density at radius 3 is 2.25 bits per heavy atom. The lowest BCUT2D eigenvalue weighted by atomic mass is 9.81. The number of nitrogens with two attached hydrogens (primary N) is 2. The number of nitrogens with zero attached hydrogens (tertiary/aromatic N) is 4. The zero-order chi connectivity index (χ0) is 66.6. The summed E-state index contributed by atoms with van der Waals surface area (Å²) in [6.45, 7) is 0.760. The van der Waals surface area contributed by atoms with Gasteiger partial charge in [0.25, 0.3) is 17.4 Å². The fraction of sp³-hybridized carbons (Fsp3) is 0.460. The summed E-state index contributed by atoms with van der Waals surface area (Å²) in [4.78, 5) is 178. The number of cyclic esters (lactones) is 1. The van der Waals surface area contributed by atoms with E-state index < -0.39 is 138 Å². The van der Waals surface area contributed by atoms with Crippen molar-refractivity contribution in [1.29, 1.82) is 0 Å². The molecule has 29 heteroatoms. The van der Waals surface area contributed by atoms with Gasteiger partial charge in [0.05, 0.1) is 67.2 Å². The van der Waals surface area contributed by atoms with Gasteiger partial charge >= 0.3 is 11.9 Å². The molecule has 4 aliphatic rings. The predicted octanol–water partition coefficient (Wildman–Crippen LogP) is -0.257. The van der Waals surface area contributed by atoms with Crippen LogP contribution >= 0.6 is 0 Å². The number of rotatable bonds is 31. The van der Waals surface area contributed by atoms with E-state index in [0.29, 0.717) is 77.5 Å². The van der Waals surface area contributed by atoms with E-state index in [9.17, 15) is 72.5 Å². The minimum Gasteiger partial charge on any atom is -0.481 e. The first-order valence-corrected chi connectivity index (χ1v) is 30.5. The summed E-state index contributed by atoms with van der Waals surface area (Å²) in [5, 5.41) is 36.3. The third kappa shape index (κ3) is 16.1. The van der Waals surface area contributed by atoms with Gasteiger partial charge in [-0.3, -0.25) is 67.8 Å². The van der Waals surface area contributed by atoms with Gasteiger partial charge in [0.15, 0.2) is 5.60 Å². The third-order valence-corrected chi connectivity index (χ3v) is 16.8. The average Bonchev–Trinajstić information content (AvgIpc) is 1.47. The molecule has 2 aromatic heterocycles. The lowest BCUT2D eigenvalue weighted by Crippen LogP contribution is -2.55. The fourth-order valence-corrected chi connectivity index (χ4v) is 11.8. The Bertz CT molecular complexity index is 3690. The molecule has 4 aromatic rings. The number of fused-ring (bicyclic) bond motifs is 5. The number of aliphatic carboxylic acids is 1. The predicted molar refractivity (Wildman–Crippen MR) is 325 cm³/mol. The maximum Gasteiger partial charge on any atom is 0.343 e. The lowest BCUT2D eigenvalue weighted by Gasteiger charge is -2.31. The van der Waals surface area contributed by atoms with Crippen molar-refractivity contribution in [3.05, 3.63) is 110 Å². The maximum atomic E-state index is 15.7. The van der Waals surface area contributed by atoms with E-state index in [1.54, 1.807) is 44.2 Å². The number of aryl methyl sites for hydroxylation is 1. The van der Waals surface area contributed by atoms with Gasteiger partial charge in [-0.25, -0.2) is 14.2 Å². The fourth-order valence-electron chi connectivity index (χ4n) is 11.8. The second-order valence-corrected chi connectivity index (χ2v) is 23.1. The number of aromatic nitrogens is 2. The van der Waals surface area contributed by atoms with Crippen LogP contribution in [0.5, 0.6) is 0 Å². The Hall–Kier alpha value is -9.61. The van der Waals surface area contributed by atoms with Gasteiger partial charge in [-0.1, -0.05) is 50.1 Å². The van der Waals surface area contributed by atoms with Crippen LogP contribution in [0, 0.1) is 12.7 Å². The van der Waals surface area contributed by atoms with Gasteiger partial charge in [-0.05, 0) is 93.2 Å². The number of ether oxygens (including phenoxy) is 1. The van der Waals surface area contributed by atoms with Crippen molar-refractivity contribution in [2.75, 3.05) is 39.3 Å². The van der Waals surface area contributed by atoms with E-state index >= 15 is 4.39 Å². The van der Waals surface area contributed by atoms with Crippen LogP contribution in [0.25, 0.3) is 22.3 Å². The Labute approximate surface area is 526 Å². The number of pyridine rings is 2. The summed E-state index contributed by atoms with van der Waals surface area (Å²) in [5.41, 5.74) is 12.5. The molecule has 0 saturated carbocycles. The molecule has 3 aliphatic heterocycles. The van der Waals surface area contributed by atoms with Gasteiger partial charge in [-0.15, -0.1) is 0 Å². The van der Waals surface area contributed by atoms with Crippen molar-refractivity contribution < 1.29 is 76.9 Å². The van der Waals surface area contributed by atoms with Crippen LogP contribution in [-0.2, 0) is 93.9 Å². The number of nitrogens with one attached hydrogen (secondary N) is 6. The topological polar surface area (TPSA) is 420 Å². The number of carbonyl (C=O) groups excluding carboxylic acids is 11. The van der Waals surface area contributed by atoms with Crippen molar-refractivity contribution in [2.45, 2.75) is 147 Å². The minimum absolute atomic E-state index is 0.0184. The van der Waals surface area contributed by atoms with Crippen LogP contribution in [-0.4, -0.2) is 158 Å². The molecule has 5 atom stereocenters. The third-order valence-electron chi connectivity index (χ3n) is 16.8. The number of benzene rings is 2. The molecule has 0 saturated heterocycles. The van der Waals surface area contributed by atoms with E-state index in [0.717, 1.165) is 22.0 Å². The molecule has 12 N–H and O–H groups in total. The van der Waals surface area contributed by atoms with Crippen molar-refractivity contribution in [3.8, 4) is 11.4 Å². The molecule has 10 amide bonds. The zero-order valence-corrected chi connectivity index (χ0v) is 51.0. The van der Waals surface area contributed by atoms with Crippen molar-refractivity contribution in [1.82, 2.24) is 51.3 Å². The van der Waals surface area contributed by atoms with E-state index in [-0.39, 0.29) is 99.9 Å². The number of amides is 10. The monoisotopic (exact) mass is 1270 g/mol. The van der Waals surface area contributed by atoms with Gasteiger partial charge < -0.3 is 62.5 Å². The Kier molecular flexibility index (Phi) is 22.6. The smallest absolute Gasteiger partial charge is 0.343 e. The van der Waals surface area contributed by atoms with E-state index in [1.165, 1.54) is 16.7 Å². The molecule has 0 fully saturated rings. The van der Waals surface area contributed by atoms with Crippen LogP contribution in [0.2, 0.25) is 0 Å². The first kappa shape index (κ1) is 68.3. The Morgan fingerprint density at radius 1 is 0.826 bits per heavy atom. The highest BCUT2D eigenvalue weighted by atomic mass is 19.1. The number of hydrogen-bond acceptors (Lipinski definition) is 18. The molecular weight excluding hydrogens is 1200 g/mol.